The van der Waals surface area contributed by atoms with Gasteiger partial charge in [-0.3, -0.25) is 9.69 Å². The topological polar surface area (TPSA) is 40.5 Å². The smallest absolute Gasteiger partial charge is 0.416 e. The van der Waals surface area contributed by atoms with Crippen molar-refractivity contribution in [3.63, 3.8) is 0 Å². The standard InChI is InChI=1S/C20H20F3NO2/c1-13-5-2-3-6-16(13)18(24-12-4-7-17(24)19(25)26)14-8-10-15(11-9-14)20(21,22)23/h2-3,5-6,8-11,17-18H,4,7,12H2,1H3,(H,25,26). The number of likely N-dealkylation sites (tertiary alicyclic amines) is 1. The van der Waals surface area contributed by atoms with Gasteiger partial charge in [-0.2, -0.15) is 13.2 Å². The first-order valence-electron chi connectivity index (χ1n) is 8.50. The first-order chi connectivity index (χ1) is 12.3. The molecule has 1 aliphatic heterocycles. The lowest BCUT2D eigenvalue weighted by Gasteiger charge is -2.33. The number of hydrogen-bond donors (Lipinski definition) is 1. The summed E-state index contributed by atoms with van der Waals surface area (Å²) in [6, 6.07) is 11.6. The summed E-state index contributed by atoms with van der Waals surface area (Å²) in [5.41, 5.74) is 1.86. The maximum absolute atomic E-state index is 12.9. The van der Waals surface area contributed by atoms with Crippen LogP contribution in [0.4, 0.5) is 13.2 Å². The normalized spacial score (nSPS) is 19.5. The van der Waals surface area contributed by atoms with Crippen molar-refractivity contribution in [3.05, 3.63) is 70.8 Å². The summed E-state index contributed by atoms with van der Waals surface area (Å²) in [7, 11) is 0. The zero-order valence-electron chi connectivity index (χ0n) is 14.3. The van der Waals surface area contributed by atoms with Gasteiger partial charge in [0.15, 0.2) is 0 Å². The van der Waals surface area contributed by atoms with Crippen LogP contribution in [-0.4, -0.2) is 28.6 Å². The molecule has 1 saturated heterocycles. The largest absolute Gasteiger partial charge is 0.480 e. The van der Waals surface area contributed by atoms with Crippen molar-refractivity contribution >= 4 is 5.97 Å². The molecule has 26 heavy (non-hydrogen) atoms. The molecule has 138 valence electrons. The molecule has 2 unspecified atom stereocenters. The van der Waals surface area contributed by atoms with E-state index in [-0.39, 0.29) is 6.04 Å². The lowest BCUT2D eigenvalue weighted by molar-refractivity contribution is -0.142. The number of benzene rings is 2. The van der Waals surface area contributed by atoms with Gasteiger partial charge < -0.3 is 5.11 Å². The Kier molecular flexibility index (Phi) is 5.05. The molecule has 0 aromatic heterocycles. The van der Waals surface area contributed by atoms with E-state index in [1.165, 1.54) is 12.1 Å². The molecular weight excluding hydrogens is 343 g/mol. The highest BCUT2D eigenvalue weighted by molar-refractivity contribution is 5.74. The highest BCUT2D eigenvalue weighted by Crippen LogP contribution is 2.37. The summed E-state index contributed by atoms with van der Waals surface area (Å²) >= 11 is 0. The van der Waals surface area contributed by atoms with Gasteiger partial charge in [-0.05, 0) is 48.6 Å². The minimum atomic E-state index is -4.39. The zero-order valence-corrected chi connectivity index (χ0v) is 14.3. The summed E-state index contributed by atoms with van der Waals surface area (Å²) in [6.45, 7) is 2.52. The number of carboxylic acids is 1. The number of nitrogens with zero attached hydrogens (tertiary/aromatic N) is 1. The van der Waals surface area contributed by atoms with Gasteiger partial charge in [0.25, 0.3) is 0 Å². The molecule has 2 aromatic carbocycles. The molecule has 0 amide bonds. The lowest BCUT2D eigenvalue weighted by atomic mass is 9.92. The Balaban J connectivity index is 2.07. The molecule has 6 heteroatoms. The van der Waals surface area contributed by atoms with Crippen LogP contribution in [0, 0.1) is 6.92 Å². The first-order valence-corrected chi connectivity index (χ1v) is 8.50. The molecule has 3 rings (SSSR count). The van der Waals surface area contributed by atoms with Crippen LogP contribution in [0.5, 0.6) is 0 Å². The molecule has 0 spiro atoms. The number of halogens is 3. The fourth-order valence-corrected chi connectivity index (χ4v) is 3.66. The van der Waals surface area contributed by atoms with Gasteiger partial charge in [-0.25, -0.2) is 0 Å². The van der Waals surface area contributed by atoms with Crippen LogP contribution in [-0.2, 0) is 11.0 Å². The van der Waals surface area contributed by atoms with E-state index in [1.54, 1.807) is 0 Å². The Bertz CT molecular complexity index is 786. The fraction of sp³-hybridized carbons (Fsp3) is 0.350. The Morgan fingerprint density at radius 2 is 1.81 bits per heavy atom. The number of carboxylic acid groups (broad SMARTS) is 1. The SMILES string of the molecule is Cc1ccccc1C(c1ccc(C(F)(F)F)cc1)N1CCCC1C(=O)O. The Hall–Kier alpha value is -2.34. The minimum Gasteiger partial charge on any atom is -0.480 e. The van der Waals surface area contributed by atoms with E-state index in [2.05, 4.69) is 0 Å². The van der Waals surface area contributed by atoms with E-state index in [4.69, 9.17) is 0 Å². The third kappa shape index (κ3) is 3.60. The number of hydrogen-bond acceptors (Lipinski definition) is 2. The summed E-state index contributed by atoms with van der Waals surface area (Å²) < 4.78 is 38.7. The first kappa shape index (κ1) is 18.5. The molecule has 0 bridgehead atoms. The van der Waals surface area contributed by atoms with Gasteiger partial charge in [-0.15, -0.1) is 0 Å². The summed E-state index contributed by atoms with van der Waals surface area (Å²) in [5.74, 6) is -0.895. The molecule has 2 atom stereocenters. The molecule has 2 aromatic rings. The Morgan fingerprint density at radius 1 is 1.15 bits per heavy atom. The summed E-state index contributed by atoms with van der Waals surface area (Å²) in [4.78, 5) is 13.5. The Morgan fingerprint density at radius 3 is 2.38 bits per heavy atom. The predicted molar refractivity (Wildman–Crippen MR) is 91.8 cm³/mol. The number of aliphatic carboxylic acids is 1. The van der Waals surface area contributed by atoms with E-state index >= 15 is 0 Å². The van der Waals surface area contributed by atoms with Gasteiger partial charge in [0, 0.05) is 6.54 Å². The number of aryl methyl sites for hydroxylation is 1. The van der Waals surface area contributed by atoms with Crippen LogP contribution in [0.3, 0.4) is 0 Å². The van der Waals surface area contributed by atoms with E-state index in [0.29, 0.717) is 18.5 Å². The second kappa shape index (κ2) is 7.11. The highest BCUT2D eigenvalue weighted by Gasteiger charge is 2.37. The van der Waals surface area contributed by atoms with Gasteiger partial charge in [0.2, 0.25) is 0 Å². The van der Waals surface area contributed by atoms with Crippen molar-refractivity contribution in [2.24, 2.45) is 0 Å². The van der Waals surface area contributed by atoms with Crippen molar-refractivity contribution in [3.8, 4) is 0 Å². The second-order valence-corrected chi connectivity index (χ2v) is 6.61. The highest BCUT2D eigenvalue weighted by atomic mass is 19.4. The van der Waals surface area contributed by atoms with E-state index in [1.807, 2.05) is 36.1 Å². The molecule has 1 heterocycles. The van der Waals surface area contributed by atoms with E-state index in [0.717, 1.165) is 29.7 Å². The molecule has 0 saturated carbocycles. The average molecular weight is 363 g/mol. The van der Waals surface area contributed by atoms with Crippen molar-refractivity contribution in [2.45, 2.75) is 38.0 Å². The average Bonchev–Trinajstić information content (AvgIpc) is 3.06. The quantitative estimate of drug-likeness (QED) is 0.859. The monoisotopic (exact) mass is 363 g/mol. The maximum atomic E-state index is 12.9. The zero-order chi connectivity index (χ0) is 18.9. The summed E-state index contributed by atoms with van der Waals surface area (Å²) in [6.07, 6.45) is -3.10. The van der Waals surface area contributed by atoms with Gasteiger partial charge in [0.05, 0.1) is 11.6 Å². The van der Waals surface area contributed by atoms with Gasteiger partial charge in [0.1, 0.15) is 6.04 Å². The van der Waals surface area contributed by atoms with Gasteiger partial charge in [-0.1, -0.05) is 36.4 Å². The molecular formula is C20H20F3NO2. The molecule has 0 aliphatic carbocycles. The number of alkyl halides is 3. The second-order valence-electron chi connectivity index (χ2n) is 6.61. The predicted octanol–water partition coefficient (Wildman–Crippen LogP) is 4.65. The molecule has 1 fully saturated rings. The fourth-order valence-electron chi connectivity index (χ4n) is 3.66. The number of carbonyl (C=O) groups is 1. The third-order valence-electron chi connectivity index (χ3n) is 4.95. The van der Waals surface area contributed by atoms with Crippen molar-refractivity contribution in [2.75, 3.05) is 6.54 Å². The van der Waals surface area contributed by atoms with Crippen LogP contribution in [0.1, 0.15) is 41.1 Å². The van der Waals surface area contributed by atoms with Crippen LogP contribution < -0.4 is 0 Å². The van der Waals surface area contributed by atoms with Crippen molar-refractivity contribution < 1.29 is 23.1 Å². The molecule has 3 nitrogen and oxygen atoms in total. The van der Waals surface area contributed by atoms with Crippen LogP contribution in [0.25, 0.3) is 0 Å². The lowest BCUT2D eigenvalue weighted by Crippen LogP contribution is -2.39. The third-order valence-corrected chi connectivity index (χ3v) is 4.95. The van der Waals surface area contributed by atoms with E-state index < -0.39 is 23.8 Å². The Labute approximate surface area is 150 Å². The van der Waals surface area contributed by atoms with Gasteiger partial charge >= 0.3 is 12.1 Å². The van der Waals surface area contributed by atoms with Crippen LogP contribution in [0.2, 0.25) is 0 Å². The maximum Gasteiger partial charge on any atom is 0.416 e. The van der Waals surface area contributed by atoms with Crippen LogP contribution >= 0.6 is 0 Å². The van der Waals surface area contributed by atoms with E-state index in [9.17, 15) is 23.1 Å². The molecule has 0 radical (unpaired) electrons. The molecule has 1 N–H and O–H groups in total. The minimum absolute atomic E-state index is 0.387. The van der Waals surface area contributed by atoms with Crippen molar-refractivity contribution in [1.29, 1.82) is 0 Å². The summed E-state index contributed by atoms with van der Waals surface area (Å²) in [5, 5.41) is 9.56. The number of rotatable bonds is 4. The van der Waals surface area contributed by atoms with Crippen molar-refractivity contribution in [1.82, 2.24) is 4.90 Å². The van der Waals surface area contributed by atoms with Crippen LogP contribution in [0.15, 0.2) is 48.5 Å². The molecule has 1 aliphatic rings.